The molecule has 0 aliphatic heterocycles. The van der Waals surface area contributed by atoms with Crippen LogP contribution in [0.3, 0.4) is 0 Å². The number of aromatic nitrogens is 3. The van der Waals surface area contributed by atoms with Gasteiger partial charge in [-0.15, -0.1) is 0 Å². The molecule has 3 rings (SSSR count). The zero-order chi connectivity index (χ0) is 11.7. The summed E-state index contributed by atoms with van der Waals surface area (Å²) in [6.07, 6.45) is 3.61. The highest BCUT2D eigenvalue weighted by atomic mass is 16.3. The van der Waals surface area contributed by atoms with Gasteiger partial charge in [-0.2, -0.15) is 5.10 Å². The Morgan fingerprint density at radius 1 is 1.06 bits per heavy atom. The number of rotatable bonds is 2. The first-order chi connectivity index (χ1) is 8.36. The molecule has 0 aliphatic carbocycles. The second-order valence-electron chi connectivity index (χ2n) is 3.80. The van der Waals surface area contributed by atoms with Crippen LogP contribution >= 0.6 is 0 Å². The number of aliphatic hydroxyl groups is 1. The van der Waals surface area contributed by atoms with Crippen molar-refractivity contribution >= 4 is 5.65 Å². The second kappa shape index (κ2) is 3.99. The first-order valence-electron chi connectivity index (χ1n) is 5.37. The van der Waals surface area contributed by atoms with Gasteiger partial charge in [-0.25, -0.2) is 9.50 Å². The molecule has 4 nitrogen and oxygen atoms in total. The fraction of sp³-hybridized carbons (Fsp3) is 0.0769. The molecular weight excluding hydrogens is 214 g/mol. The number of fused-ring (bicyclic) bond motifs is 1. The molecule has 0 unspecified atom stereocenters. The Hall–Kier alpha value is -2.20. The van der Waals surface area contributed by atoms with Crippen molar-refractivity contribution in [1.29, 1.82) is 0 Å². The molecule has 0 bridgehead atoms. The normalized spacial score (nSPS) is 10.9. The lowest BCUT2D eigenvalue weighted by Gasteiger charge is -2.02. The molecule has 0 saturated carbocycles. The SMILES string of the molecule is OCc1ccc(-c2ccn3nccc3n2)cc1. The molecule has 3 aromatic rings. The minimum Gasteiger partial charge on any atom is -0.392 e. The molecule has 2 aromatic heterocycles. The summed E-state index contributed by atoms with van der Waals surface area (Å²) in [4.78, 5) is 4.50. The van der Waals surface area contributed by atoms with Crippen molar-refractivity contribution in [3.05, 3.63) is 54.4 Å². The van der Waals surface area contributed by atoms with Gasteiger partial charge in [0.05, 0.1) is 18.5 Å². The lowest BCUT2D eigenvalue weighted by molar-refractivity contribution is 0.282. The van der Waals surface area contributed by atoms with E-state index in [9.17, 15) is 0 Å². The zero-order valence-corrected chi connectivity index (χ0v) is 9.11. The Kier molecular flexibility index (Phi) is 2.34. The summed E-state index contributed by atoms with van der Waals surface area (Å²) in [6.45, 7) is 0.0648. The lowest BCUT2D eigenvalue weighted by atomic mass is 10.1. The molecule has 0 spiro atoms. The Morgan fingerprint density at radius 2 is 1.88 bits per heavy atom. The zero-order valence-electron chi connectivity index (χ0n) is 9.11. The molecule has 0 fully saturated rings. The topological polar surface area (TPSA) is 50.4 Å². The van der Waals surface area contributed by atoms with E-state index in [-0.39, 0.29) is 6.61 Å². The first kappa shape index (κ1) is 9.99. The number of hydrogen-bond donors (Lipinski definition) is 1. The van der Waals surface area contributed by atoms with Gasteiger partial charge in [0.1, 0.15) is 0 Å². The van der Waals surface area contributed by atoms with Crippen molar-refractivity contribution < 1.29 is 5.11 Å². The minimum absolute atomic E-state index is 0.0648. The summed E-state index contributed by atoms with van der Waals surface area (Å²) in [5, 5.41) is 13.1. The van der Waals surface area contributed by atoms with Crippen molar-refractivity contribution in [2.24, 2.45) is 0 Å². The Balaban J connectivity index is 2.06. The molecule has 84 valence electrons. The summed E-state index contributed by atoms with van der Waals surface area (Å²) >= 11 is 0. The summed E-state index contributed by atoms with van der Waals surface area (Å²) in [5.41, 5.74) is 3.67. The van der Waals surface area contributed by atoms with Gasteiger partial charge in [0.25, 0.3) is 0 Å². The fourth-order valence-corrected chi connectivity index (χ4v) is 1.75. The van der Waals surface area contributed by atoms with Crippen molar-refractivity contribution in [2.75, 3.05) is 0 Å². The van der Waals surface area contributed by atoms with E-state index in [4.69, 9.17) is 5.11 Å². The number of aliphatic hydroxyl groups excluding tert-OH is 1. The highest BCUT2D eigenvalue weighted by molar-refractivity contribution is 5.61. The van der Waals surface area contributed by atoms with Gasteiger partial charge >= 0.3 is 0 Å². The average Bonchev–Trinajstić information content (AvgIpc) is 2.86. The van der Waals surface area contributed by atoms with Crippen LogP contribution in [0.4, 0.5) is 0 Å². The van der Waals surface area contributed by atoms with Crippen LogP contribution in [0.25, 0.3) is 16.9 Å². The third kappa shape index (κ3) is 1.79. The van der Waals surface area contributed by atoms with Crippen LogP contribution < -0.4 is 0 Å². The fourth-order valence-electron chi connectivity index (χ4n) is 1.75. The van der Waals surface area contributed by atoms with Crippen LogP contribution in [0.2, 0.25) is 0 Å². The molecule has 0 radical (unpaired) electrons. The monoisotopic (exact) mass is 225 g/mol. The van der Waals surface area contributed by atoms with Gasteiger partial charge in [-0.05, 0) is 11.6 Å². The molecule has 0 saturated heterocycles. The van der Waals surface area contributed by atoms with Crippen molar-refractivity contribution in [3.8, 4) is 11.3 Å². The minimum atomic E-state index is 0.0648. The Bertz CT molecular complexity index is 643. The van der Waals surface area contributed by atoms with Gasteiger partial charge in [0.15, 0.2) is 5.65 Å². The molecule has 2 heterocycles. The molecule has 0 aliphatic rings. The van der Waals surface area contributed by atoms with Gasteiger partial charge in [0, 0.05) is 17.8 Å². The van der Waals surface area contributed by atoms with Crippen molar-refractivity contribution in [1.82, 2.24) is 14.6 Å². The molecule has 1 N–H and O–H groups in total. The van der Waals surface area contributed by atoms with Gasteiger partial charge < -0.3 is 5.11 Å². The molecule has 0 amide bonds. The van der Waals surface area contributed by atoms with E-state index in [1.165, 1.54) is 0 Å². The quantitative estimate of drug-likeness (QED) is 0.724. The molecule has 1 aromatic carbocycles. The molecule has 4 heteroatoms. The Labute approximate surface area is 98.2 Å². The second-order valence-corrected chi connectivity index (χ2v) is 3.80. The van der Waals surface area contributed by atoms with Crippen molar-refractivity contribution in [3.63, 3.8) is 0 Å². The molecular formula is C13H11N3O. The number of hydrogen-bond acceptors (Lipinski definition) is 3. The predicted molar refractivity (Wildman–Crippen MR) is 64.3 cm³/mol. The van der Waals surface area contributed by atoms with Crippen LogP contribution in [-0.4, -0.2) is 19.7 Å². The van der Waals surface area contributed by atoms with Crippen LogP contribution in [-0.2, 0) is 6.61 Å². The van der Waals surface area contributed by atoms with E-state index in [1.54, 1.807) is 10.7 Å². The summed E-state index contributed by atoms with van der Waals surface area (Å²) in [6, 6.07) is 11.5. The van der Waals surface area contributed by atoms with Gasteiger partial charge in [-0.3, -0.25) is 0 Å². The summed E-state index contributed by atoms with van der Waals surface area (Å²) < 4.78 is 1.73. The van der Waals surface area contributed by atoms with Crippen molar-refractivity contribution in [2.45, 2.75) is 6.61 Å². The van der Waals surface area contributed by atoms with E-state index in [1.807, 2.05) is 42.6 Å². The van der Waals surface area contributed by atoms with E-state index in [0.717, 1.165) is 22.5 Å². The van der Waals surface area contributed by atoms with Crippen LogP contribution in [0, 0.1) is 0 Å². The van der Waals surface area contributed by atoms with Crippen LogP contribution in [0.5, 0.6) is 0 Å². The maximum atomic E-state index is 8.99. The standard InChI is InChI=1S/C13H11N3O/c17-9-10-1-3-11(4-2-10)12-6-8-16-13(15-12)5-7-14-16/h1-8,17H,9H2. The number of benzene rings is 1. The maximum absolute atomic E-state index is 8.99. The van der Waals surface area contributed by atoms with Crippen LogP contribution in [0.15, 0.2) is 48.8 Å². The first-order valence-corrected chi connectivity index (χ1v) is 5.37. The van der Waals surface area contributed by atoms with Gasteiger partial charge in [0.2, 0.25) is 0 Å². The number of nitrogens with zero attached hydrogens (tertiary/aromatic N) is 3. The van der Waals surface area contributed by atoms with E-state index in [0.29, 0.717) is 0 Å². The highest BCUT2D eigenvalue weighted by Crippen LogP contribution is 2.18. The average molecular weight is 225 g/mol. The third-order valence-corrected chi connectivity index (χ3v) is 2.69. The highest BCUT2D eigenvalue weighted by Gasteiger charge is 2.01. The Morgan fingerprint density at radius 3 is 2.65 bits per heavy atom. The molecule has 17 heavy (non-hydrogen) atoms. The lowest BCUT2D eigenvalue weighted by Crippen LogP contribution is -1.91. The van der Waals surface area contributed by atoms with E-state index >= 15 is 0 Å². The third-order valence-electron chi connectivity index (χ3n) is 2.69. The summed E-state index contributed by atoms with van der Waals surface area (Å²) in [7, 11) is 0. The van der Waals surface area contributed by atoms with Gasteiger partial charge in [-0.1, -0.05) is 24.3 Å². The molecule has 0 atom stereocenters. The van der Waals surface area contributed by atoms with E-state index in [2.05, 4.69) is 10.1 Å². The smallest absolute Gasteiger partial charge is 0.155 e. The van der Waals surface area contributed by atoms with Crippen LogP contribution in [0.1, 0.15) is 5.56 Å². The predicted octanol–water partition coefficient (Wildman–Crippen LogP) is 1.89. The maximum Gasteiger partial charge on any atom is 0.155 e. The summed E-state index contributed by atoms with van der Waals surface area (Å²) in [5.74, 6) is 0. The largest absolute Gasteiger partial charge is 0.392 e. The van der Waals surface area contributed by atoms with E-state index < -0.39 is 0 Å².